The zero-order valence-electron chi connectivity index (χ0n) is 17.6. The minimum absolute atomic E-state index is 0. The van der Waals surface area contributed by atoms with Crippen LogP contribution in [0.15, 0.2) is 28.6 Å². The Morgan fingerprint density at radius 3 is 2.61 bits per heavy atom. The molecule has 0 spiro atoms. The first-order chi connectivity index (χ1) is 14.3. The van der Waals surface area contributed by atoms with E-state index in [9.17, 15) is 13.2 Å². The highest BCUT2D eigenvalue weighted by Crippen LogP contribution is 2.30. The van der Waals surface area contributed by atoms with E-state index >= 15 is 0 Å². The van der Waals surface area contributed by atoms with Gasteiger partial charge in [-0.25, -0.2) is 9.97 Å². The van der Waals surface area contributed by atoms with E-state index in [2.05, 4.69) is 30.5 Å². The number of hydrogen-bond donors (Lipinski definition) is 2. The maximum Gasteiger partial charge on any atom is 0.434 e. The van der Waals surface area contributed by atoms with Crippen LogP contribution >= 0.6 is 35.3 Å². The summed E-state index contributed by atoms with van der Waals surface area (Å²) >= 11 is 1.02. The third-order valence-electron chi connectivity index (χ3n) is 4.82. The Morgan fingerprint density at radius 1 is 1.26 bits per heavy atom. The molecule has 0 amide bonds. The average Bonchev–Trinajstić information content (AvgIpc) is 3.18. The molecule has 3 rings (SSSR count). The lowest BCUT2D eigenvalue weighted by Crippen LogP contribution is -2.49. The Balaban J connectivity index is 0.00000341. The molecule has 2 aromatic rings. The molecule has 0 aliphatic carbocycles. The van der Waals surface area contributed by atoms with Gasteiger partial charge in [-0.1, -0.05) is 6.07 Å². The normalized spacial score (nSPS) is 15.5. The third-order valence-corrected chi connectivity index (χ3v) is 5.72. The lowest BCUT2D eigenvalue weighted by Gasteiger charge is -2.34. The molecule has 0 saturated carbocycles. The number of rotatable bonds is 6. The minimum Gasteiger partial charge on any atom is -0.357 e. The molecule has 0 aromatic carbocycles. The average molecular weight is 568 g/mol. The van der Waals surface area contributed by atoms with Gasteiger partial charge in [-0.3, -0.25) is 4.99 Å². The summed E-state index contributed by atoms with van der Waals surface area (Å²) in [6.07, 6.45) is -2.09. The van der Waals surface area contributed by atoms with Crippen LogP contribution in [0.25, 0.3) is 0 Å². The summed E-state index contributed by atoms with van der Waals surface area (Å²) < 4.78 is 38.0. The van der Waals surface area contributed by atoms with Gasteiger partial charge in [0.2, 0.25) is 0 Å². The lowest BCUT2D eigenvalue weighted by molar-refractivity contribution is -0.140. The molecule has 3 heterocycles. The number of thiazole rings is 1. The molecule has 0 bridgehead atoms. The molecule has 11 heteroatoms. The molecule has 1 aliphatic heterocycles. The van der Waals surface area contributed by atoms with Crippen LogP contribution in [0.1, 0.15) is 36.2 Å². The van der Waals surface area contributed by atoms with Crippen molar-refractivity contribution in [3.8, 4) is 0 Å². The number of anilines is 1. The van der Waals surface area contributed by atoms with E-state index in [1.807, 2.05) is 32.0 Å². The van der Waals surface area contributed by atoms with Crippen molar-refractivity contribution >= 4 is 47.1 Å². The van der Waals surface area contributed by atoms with Gasteiger partial charge in [-0.2, -0.15) is 13.2 Å². The van der Waals surface area contributed by atoms with Crippen LogP contribution in [0.5, 0.6) is 0 Å². The van der Waals surface area contributed by atoms with E-state index in [1.165, 1.54) is 0 Å². The van der Waals surface area contributed by atoms with Gasteiger partial charge < -0.3 is 15.5 Å². The topological polar surface area (TPSA) is 65.4 Å². The molecule has 2 N–H and O–H groups in total. The van der Waals surface area contributed by atoms with Crippen LogP contribution in [-0.2, 0) is 12.6 Å². The summed E-state index contributed by atoms with van der Waals surface area (Å²) in [6.45, 7) is 6.89. The zero-order valence-corrected chi connectivity index (χ0v) is 20.7. The number of alkyl halides is 3. The molecular formula is C20H28F3IN6S. The fraction of sp³-hybridized carbons (Fsp3) is 0.550. The van der Waals surface area contributed by atoms with Gasteiger partial charge in [0.1, 0.15) is 5.82 Å². The first kappa shape index (κ1) is 25.6. The Morgan fingerprint density at radius 2 is 2.00 bits per heavy atom. The van der Waals surface area contributed by atoms with Crippen LogP contribution in [-0.4, -0.2) is 48.1 Å². The van der Waals surface area contributed by atoms with E-state index in [0.29, 0.717) is 36.5 Å². The highest BCUT2D eigenvalue weighted by atomic mass is 127. The fourth-order valence-corrected chi connectivity index (χ4v) is 4.08. The molecule has 172 valence electrons. The highest BCUT2D eigenvalue weighted by molar-refractivity contribution is 14.0. The summed E-state index contributed by atoms with van der Waals surface area (Å²) in [4.78, 5) is 15.1. The van der Waals surface area contributed by atoms with Crippen LogP contribution in [0.3, 0.4) is 0 Å². The van der Waals surface area contributed by atoms with Crippen LogP contribution in [0.2, 0.25) is 0 Å². The van der Waals surface area contributed by atoms with Gasteiger partial charge in [-0.15, -0.1) is 35.3 Å². The standard InChI is InChI=1S/C20H27F3N6S.HI/c1-3-24-19(25-10-7-18-28-16(13-30-18)20(21,22)23)27-15-8-11-29(12-9-15)17-6-4-5-14(2)26-17;/h4-6,13,15H,3,7-12H2,1-2H3,(H2,24,25,27);1H. The summed E-state index contributed by atoms with van der Waals surface area (Å²) in [5, 5.41) is 8.16. The molecule has 1 fully saturated rings. The largest absolute Gasteiger partial charge is 0.434 e. The van der Waals surface area contributed by atoms with Gasteiger partial charge in [0.05, 0.1) is 5.01 Å². The number of piperidine rings is 1. The Hall–Kier alpha value is -1.63. The fourth-order valence-electron chi connectivity index (χ4n) is 3.29. The molecule has 1 aliphatic rings. The van der Waals surface area contributed by atoms with Gasteiger partial charge >= 0.3 is 6.18 Å². The monoisotopic (exact) mass is 568 g/mol. The van der Waals surface area contributed by atoms with Gasteiger partial charge in [0, 0.05) is 49.7 Å². The predicted octanol–water partition coefficient (Wildman–Crippen LogP) is 4.25. The Bertz CT molecular complexity index is 849. The lowest BCUT2D eigenvalue weighted by atomic mass is 10.1. The predicted molar refractivity (Wildman–Crippen MR) is 130 cm³/mol. The third kappa shape index (κ3) is 7.78. The number of nitrogens with one attached hydrogen (secondary N) is 2. The maximum absolute atomic E-state index is 12.7. The van der Waals surface area contributed by atoms with Crippen LogP contribution in [0, 0.1) is 6.92 Å². The summed E-state index contributed by atoms with van der Waals surface area (Å²) in [5.41, 5.74) is 0.184. The summed E-state index contributed by atoms with van der Waals surface area (Å²) in [6, 6.07) is 6.35. The first-order valence-electron chi connectivity index (χ1n) is 10.1. The number of guanidine groups is 1. The van der Waals surface area contributed by atoms with Crippen LogP contribution < -0.4 is 15.5 Å². The zero-order chi connectivity index (χ0) is 21.6. The molecule has 0 atom stereocenters. The SMILES string of the molecule is CCNC(=NCCc1nc(C(F)(F)F)cs1)NC1CCN(c2cccc(C)n2)CC1.I. The Labute approximate surface area is 201 Å². The second-order valence-electron chi connectivity index (χ2n) is 7.18. The molecule has 0 unspecified atom stereocenters. The van der Waals surface area contributed by atoms with Crippen molar-refractivity contribution in [3.05, 3.63) is 40.0 Å². The van der Waals surface area contributed by atoms with Crippen molar-refractivity contribution in [3.63, 3.8) is 0 Å². The molecule has 31 heavy (non-hydrogen) atoms. The van der Waals surface area contributed by atoms with Crippen molar-refractivity contribution in [2.75, 3.05) is 31.1 Å². The molecule has 0 radical (unpaired) electrons. The number of aromatic nitrogens is 2. The van der Waals surface area contributed by atoms with E-state index in [0.717, 1.165) is 54.2 Å². The summed E-state index contributed by atoms with van der Waals surface area (Å²) in [7, 11) is 0. The number of aryl methyl sites for hydroxylation is 1. The molecule has 6 nitrogen and oxygen atoms in total. The second-order valence-corrected chi connectivity index (χ2v) is 8.12. The van der Waals surface area contributed by atoms with Crippen molar-refractivity contribution in [2.45, 2.75) is 45.3 Å². The van der Waals surface area contributed by atoms with Crippen molar-refractivity contribution in [2.24, 2.45) is 4.99 Å². The van der Waals surface area contributed by atoms with Crippen molar-refractivity contribution in [1.82, 2.24) is 20.6 Å². The van der Waals surface area contributed by atoms with Crippen molar-refractivity contribution < 1.29 is 13.2 Å². The molecular weight excluding hydrogens is 540 g/mol. The molecule has 2 aromatic heterocycles. The number of halogens is 4. The van der Waals surface area contributed by atoms with Crippen molar-refractivity contribution in [1.29, 1.82) is 0 Å². The van der Waals surface area contributed by atoms with E-state index in [1.54, 1.807) is 0 Å². The maximum atomic E-state index is 12.7. The quantitative estimate of drug-likeness (QED) is 0.310. The number of hydrogen-bond acceptors (Lipinski definition) is 5. The van der Waals surface area contributed by atoms with E-state index < -0.39 is 11.9 Å². The summed E-state index contributed by atoms with van der Waals surface area (Å²) in [5.74, 6) is 1.70. The molecule has 1 saturated heterocycles. The van der Waals surface area contributed by atoms with Gasteiger partial charge in [0.15, 0.2) is 11.7 Å². The van der Waals surface area contributed by atoms with E-state index in [-0.39, 0.29) is 24.0 Å². The number of nitrogens with zero attached hydrogens (tertiary/aromatic N) is 4. The highest BCUT2D eigenvalue weighted by Gasteiger charge is 2.33. The smallest absolute Gasteiger partial charge is 0.357 e. The van der Waals surface area contributed by atoms with Crippen LogP contribution in [0.4, 0.5) is 19.0 Å². The Kier molecular flexibility index (Phi) is 9.79. The first-order valence-corrected chi connectivity index (χ1v) is 11.0. The second kappa shape index (κ2) is 11.8. The minimum atomic E-state index is -4.39. The number of pyridine rings is 1. The number of aliphatic imine (C=N–C) groups is 1. The van der Waals surface area contributed by atoms with Gasteiger partial charge in [0.25, 0.3) is 0 Å². The van der Waals surface area contributed by atoms with E-state index in [4.69, 9.17) is 0 Å². The van der Waals surface area contributed by atoms with Gasteiger partial charge in [-0.05, 0) is 38.8 Å².